The number of piperidine rings is 2. The average Bonchev–Trinajstić information content (AvgIpc) is 2.93. The van der Waals surface area contributed by atoms with Gasteiger partial charge in [0.25, 0.3) is 0 Å². The Balaban J connectivity index is 0.000000181. The fourth-order valence-electron chi connectivity index (χ4n) is 5.09. The number of nitrogens with zero attached hydrogens (tertiary/aromatic N) is 3. The van der Waals surface area contributed by atoms with Gasteiger partial charge in [-0.15, -0.1) is 12.4 Å². The maximum absolute atomic E-state index is 11.9. The number of carbonyl (C=O) groups excluding carboxylic acids is 4. The molecule has 2 aromatic carbocycles. The number of imide groups is 2. The number of nitrogens with one attached hydrogen (secondary N) is 3. The predicted molar refractivity (Wildman–Crippen MR) is 148 cm³/mol. The van der Waals surface area contributed by atoms with E-state index in [9.17, 15) is 24.3 Å². The number of hydrogen-bond donors (Lipinski definition) is 4. The lowest BCUT2D eigenvalue weighted by atomic mass is 10.0. The highest BCUT2D eigenvalue weighted by atomic mass is 35.5. The van der Waals surface area contributed by atoms with Crippen LogP contribution in [0.25, 0.3) is 0 Å². The number of carbonyl (C=O) groups is 4. The van der Waals surface area contributed by atoms with Crippen LogP contribution >= 0.6 is 12.4 Å². The molecule has 0 bridgehead atoms. The zero-order valence-corrected chi connectivity index (χ0v) is 22.6. The molecule has 2 aromatic rings. The van der Waals surface area contributed by atoms with Gasteiger partial charge in [-0.1, -0.05) is 18.2 Å². The number of amides is 4. The number of aliphatic hydroxyl groups excluding tert-OH is 1. The number of ether oxygens (including phenoxy) is 1. The van der Waals surface area contributed by atoms with E-state index in [-0.39, 0.29) is 42.1 Å². The normalized spacial score (nSPS) is 23.8. The smallest absolute Gasteiger partial charge is 0.249 e. The van der Waals surface area contributed by atoms with E-state index in [0.717, 1.165) is 28.3 Å². The summed E-state index contributed by atoms with van der Waals surface area (Å²) in [4.78, 5) is 54.0. The van der Waals surface area contributed by atoms with Crippen LogP contribution in [0, 0.1) is 0 Å². The summed E-state index contributed by atoms with van der Waals surface area (Å²) >= 11 is 0. The Morgan fingerprint density at radius 2 is 1.57 bits per heavy atom. The lowest BCUT2D eigenvalue weighted by Gasteiger charge is -2.40. The number of hydrogen-bond acceptors (Lipinski definition) is 10. The second kappa shape index (κ2) is 12.5. The minimum atomic E-state index is -0.918. The fraction of sp³-hybridized carbons (Fsp3) is 0.370. The van der Waals surface area contributed by atoms with E-state index in [4.69, 9.17) is 4.74 Å². The minimum absolute atomic E-state index is 0. The van der Waals surface area contributed by atoms with Crippen molar-refractivity contribution in [2.24, 2.45) is 4.99 Å². The monoisotopic (exact) mass is 570 g/mol. The lowest BCUT2D eigenvalue weighted by Crippen LogP contribution is -2.58. The predicted octanol–water partition coefficient (Wildman–Crippen LogP) is 1.39. The molecule has 4 N–H and O–H groups in total. The third-order valence-corrected chi connectivity index (χ3v) is 7.17. The Hall–Kier alpha value is -4.00. The Morgan fingerprint density at radius 3 is 2.25 bits per heavy atom. The molecule has 2 saturated heterocycles. The number of aliphatic hydroxyl groups is 1. The van der Waals surface area contributed by atoms with Crippen molar-refractivity contribution in [2.75, 3.05) is 12.4 Å². The van der Waals surface area contributed by atoms with Crippen molar-refractivity contribution in [1.82, 2.24) is 20.4 Å². The summed E-state index contributed by atoms with van der Waals surface area (Å²) in [5.41, 5.74) is 3.79. The summed E-state index contributed by atoms with van der Waals surface area (Å²) in [5.74, 6) is -0.275. The summed E-state index contributed by atoms with van der Waals surface area (Å²) in [6.07, 6.45) is 2.39. The number of para-hydroxylation sites is 1. The second-order valence-electron chi connectivity index (χ2n) is 9.69. The van der Waals surface area contributed by atoms with Gasteiger partial charge in [-0.25, -0.2) is 9.89 Å². The van der Waals surface area contributed by atoms with Gasteiger partial charge in [0.2, 0.25) is 23.6 Å². The number of halogens is 1. The number of rotatable bonds is 3. The molecule has 4 heterocycles. The molecule has 12 nitrogen and oxygen atoms in total. The van der Waals surface area contributed by atoms with E-state index in [1.807, 2.05) is 47.4 Å². The number of fused-ring (bicyclic) bond motifs is 2. The Kier molecular flexibility index (Phi) is 9.03. The molecule has 0 radical (unpaired) electrons. The first kappa shape index (κ1) is 29.0. The summed E-state index contributed by atoms with van der Waals surface area (Å²) < 4.78 is 5.20. The van der Waals surface area contributed by atoms with Crippen LogP contribution in [0.2, 0.25) is 0 Å². The topological polar surface area (TPSA) is 153 Å². The van der Waals surface area contributed by atoms with Crippen molar-refractivity contribution >= 4 is 53.7 Å². The molecule has 4 aliphatic heterocycles. The largest absolute Gasteiger partial charge is 0.497 e. The van der Waals surface area contributed by atoms with Crippen molar-refractivity contribution in [1.29, 1.82) is 0 Å². The third-order valence-electron chi connectivity index (χ3n) is 7.17. The molecule has 40 heavy (non-hydrogen) atoms. The maximum atomic E-state index is 11.9. The average molecular weight is 571 g/mol. The summed E-state index contributed by atoms with van der Waals surface area (Å²) in [6.45, 7) is 1.07. The van der Waals surface area contributed by atoms with Crippen LogP contribution in [-0.4, -0.2) is 70.4 Å². The first-order valence-electron chi connectivity index (χ1n) is 12.7. The summed E-state index contributed by atoms with van der Waals surface area (Å²) in [6, 6.07) is 12.5. The highest BCUT2D eigenvalue weighted by Gasteiger charge is 2.37. The molecule has 3 atom stereocenters. The van der Waals surface area contributed by atoms with Crippen molar-refractivity contribution in [2.45, 2.75) is 57.2 Å². The van der Waals surface area contributed by atoms with Crippen LogP contribution in [0.4, 0.5) is 11.4 Å². The molecule has 0 saturated carbocycles. The van der Waals surface area contributed by atoms with Gasteiger partial charge in [-0.3, -0.25) is 29.8 Å². The fourth-order valence-corrected chi connectivity index (χ4v) is 5.09. The number of methoxy groups -OCH3 is 1. The first-order valence-corrected chi connectivity index (χ1v) is 12.7. The van der Waals surface area contributed by atoms with E-state index in [2.05, 4.69) is 20.9 Å². The van der Waals surface area contributed by atoms with Gasteiger partial charge in [-0.2, -0.15) is 0 Å². The molecule has 0 spiro atoms. The molecule has 4 amide bonds. The molecular formula is C27H31ClN6O6. The van der Waals surface area contributed by atoms with Crippen molar-refractivity contribution in [3.63, 3.8) is 0 Å². The number of aliphatic imine (C=N–C) groups is 1. The van der Waals surface area contributed by atoms with Gasteiger partial charge in [0.1, 0.15) is 11.8 Å². The van der Waals surface area contributed by atoms with Gasteiger partial charge >= 0.3 is 0 Å². The molecule has 0 aromatic heterocycles. The Bertz CT molecular complexity index is 1340. The van der Waals surface area contributed by atoms with Crippen molar-refractivity contribution in [3.8, 4) is 5.75 Å². The molecule has 2 fully saturated rings. The SMILES string of the molecule is COc1ccc2c(c1)CN(C1CCC(=O)NC1=O)C=N2.Cl.O=C1CCC(N2Cc3ccccc3NC2O)C(=O)N1. The molecule has 212 valence electrons. The molecule has 6 rings (SSSR count). The van der Waals surface area contributed by atoms with Crippen molar-refractivity contribution < 1.29 is 29.0 Å². The van der Waals surface area contributed by atoms with Gasteiger partial charge in [-0.05, 0) is 42.7 Å². The lowest BCUT2D eigenvalue weighted by molar-refractivity contribution is -0.142. The molecule has 0 aliphatic carbocycles. The quantitative estimate of drug-likeness (QED) is 0.401. The molecule has 4 aliphatic rings. The van der Waals surface area contributed by atoms with Crippen LogP contribution in [0.5, 0.6) is 5.75 Å². The highest BCUT2D eigenvalue weighted by molar-refractivity contribution is 6.01. The van der Waals surface area contributed by atoms with E-state index < -0.39 is 12.4 Å². The number of anilines is 1. The van der Waals surface area contributed by atoms with Crippen LogP contribution in [0.15, 0.2) is 47.5 Å². The minimum Gasteiger partial charge on any atom is -0.497 e. The van der Waals surface area contributed by atoms with E-state index in [1.165, 1.54) is 0 Å². The van der Waals surface area contributed by atoms with Gasteiger partial charge in [0, 0.05) is 37.2 Å². The maximum Gasteiger partial charge on any atom is 0.249 e. The van der Waals surface area contributed by atoms with Crippen LogP contribution in [-0.2, 0) is 32.3 Å². The third kappa shape index (κ3) is 6.24. The Morgan fingerprint density at radius 1 is 0.900 bits per heavy atom. The second-order valence-corrected chi connectivity index (χ2v) is 9.69. The standard InChI is InChI=1S/C14H15N3O3.C13H15N3O3.ClH/c1-20-10-2-3-11-9(6-10)7-17(8-15-11)12-4-5-13(18)16-14(12)19;17-11-6-5-10(12(18)15-11)16-7-8-3-1-2-4-9(8)14-13(16)19;/h2-3,6,8,12H,4-5,7H2,1H3,(H,16,18,19);1-4,10,13-14,19H,5-7H2,(H,15,17,18);1H. The van der Waals surface area contributed by atoms with E-state index >= 15 is 0 Å². The van der Waals surface area contributed by atoms with E-state index in [1.54, 1.807) is 18.3 Å². The Labute approximate surface area is 237 Å². The van der Waals surface area contributed by atoms with Crippen molar-refractivity contribution in [3.05, 3.63) is 53.6 Å². The summed E-state index contributed by atoms with van der Waals surface area (Å²) in [5, 5.41) is 17.7. The van der Waals surface area contributed by atoms with Crippen LogP contribution < -0.4 is 20.7 Å². The number of benzene rings is 2. The molecular weight excluding hydrogens is 540 g/mol. The highest BCUT2D eigenvalue weighted by Crippen LogP contribution is 2.30. The van der Waals surface area contributed by atoms with Crippen LogP contribution in [0.3, 0.4) is 0 Å². The van der Waals surface area contributed by atoms with Gasteiger partial charge < -0.3 is 20.1 Å². The summed E-state index contributed by atoms with van der Waals surface area (Å²) in [7, 11) is 1.62. The zero-order valence-electron chi connectivity index (χ0n) is 21.8. The molecule has 13 heteroatoms. The molecule has 3 unspecified atom stereocenters. The van der Waals surface area contributed by atoms with Gasteiger partial charge in [0.05, 0.1) is 25.2 Å². The first-order chi connectivity index (χ1) is 18.8. The van der Waals surface area contributed by atoms with Crippen LogP contribution in [0.1, 0.15) is 36.8 Å². The van der Waals surface area contributed by atoms with Gasteiger partial charge in [0.15, 0.2) is 6.35 Å². The van der Waals surface area contributed by atoms with E-state index in [0.29, 0.717) is 38.8 Å². The zero-order chi connectivity index (χ0) is 27.5.